The summed E-state index contributed by atoms with van der Waals surface area (Å²) in [5.74, 6) is -0.0180. The van der Waals surface area contributed by atoms with Crippen LogP contribution in [-0.4, -0.2) is 20.4 Å². The van der Waals surface area contributed by atoms with Gasteiger partial charge in [0.1, 0.15) is 11.8 Å². The van der Waals surface area contributed by atoms with Crippen LogP contribution in [0.5, 0.6) is 0 Å². The molecule has 1 unspecified atom stereocenters. The average Bonchev–Trinajstić information content (AvgIpc) is 3.04. The van der Waals surface area contributed by atoms with Crippen LogP contribution in [0, 0.1) is 5.92 Å². The fourth-order valence-electron chi connectivity index (χ4n) is 2.04. The Morgan fingerprint density at radius 2 is 1.88 bits per heavy atom. The highest BCUT2D eigenvalue weighted by molar-refractivity contribution is 9.10. The van der Waals surface area contributed by atoms with E-state index < -0.39 is 22.0 Å². The Bertz CT molecular complexity index is 771. The molecule has 2 aromatic rings. The number of carbonyl (C=O) groups is 1. The molecule has 24 heavy (non-hydrogen) atoms. The molecule has 130 valence electrons. The fraction of sp³-hybridized carbons (Fsp3) is 0.312. The van der Waals surface area contributed by atoms with Crippen LogP contribution in [0.4, 0.5) is 0 Å². The highest BCUT2D eigenvalue weighted by Gasteiger charge is 2.28. The molecule has 0 radical (unpaired) electrons. The van der Waals surface area contributed by atoms with Crippen LogP contribution in [0.3, 0.4) is 0 Å². The number of hydrogen-bond acceptors (Lipinski definition) is 4. The highest BCUT2D eigenvalue weighted by Crippen LogP contribution is 2.16. The van der Waals surface area contributed by atoms with Crippen molar-refractivity contribution in [3.05, 3.63) is 52.9 Å². The summed E-state index contributed by atoms with van der Waals surface area (Å²) in [6.07, 6.45) is 1.51. The molecule has 0 saturated heterocycles. The molecule has 2 N–H and O–H groups in total. The SMILES string of the molecule is CC(C)C(NS(=O)(=O)c1ccc(Br)cc1)C(=O)NCc1ccco1. The van der Waals surface area contributed by atoms with Crippen LogP contribution in [0.15, 0.2) is 56.4 Å². The lowest BCUT2D eigenvalue weighted by molar-refractivity contribution is -0.123. The smallest absolute Gasteiger partial charge is 0.241 e. The Labute approximate surface area is 149 Å². The molecule has 0 spiro atoms. The van der Waals surface area contributed by atoms with Crippen molar-refractivity contribution in [1.82, 2.24) is 10.0 Å². The standard InChI is InChI=1S/C16H19BrN2O4S/c1-11(2)15(16(20)18-10-13-4-3-9-23-13)19-24(21,22)14-7-5-12(17)6-8-14/h3-9,11,15,19H,10H2,1-2H3,(H,18,20). The second-order valence-electron chi connectivity index (χ2n) is 5.59. The van der Waals surface area contributed by atoms with E-state index in [0.29, 0.717) is 5.76 Å². The molecule has 0 aliphatic rings. The Morgan fingerprint density at radius 1 is 1.21 bits per heavy atom. The van der Waals surface area contributed by atoms with Crippen molar-refractivity contribution in [1.29, 1.82) is 0 Å². The fourth-order valence-corrected chi connectivity index (χ4v) is 3.65. The van der Waals surface area contributed by atoms with Crippen molar-refractivity contribution in [2.45, 2.75) is 31.3 Å². The van der Waals surface area contributed by atoms with Gasteiger partial charge < -0.3 is 9.73 Å². The van der Waals surface area contributed by atoms with Gasteiger partial charge in [0.05, 0.1) is 17.7 Å². The number of halogens is 1. The van der Waals surface area contributed by atoms with Gasteiger partial charge in [-0.25, -0.2) is 8.42 Å². The monoisotopic (exact) mass is 414 g/mol. The van der Waals surface area contributed by atoms with Crippen molar-refractivity contribution >= 4 is 31.9 Å². The van der Waals surface area contributed by atoms with Crippen LogP contribution >= 0.6 is 15.9 Å². The maximum absolute atomic E-state index is 12.5. The second-order valence-corrected chi connectivity index (χ2v) is 8.22. The number of benzene rings is 1. The predicted molar refractivity (Wildman–Crippen MR) is 93.6 cm³/mol. The van der Waals surface area contributed by atoms with Crippen molar-refractivity contribution < 1.29 is 17.6 Å². The van der Waals surface area contributed by atoms with Gasteiger partial charge in [-0.15, -0.1) is 0 Å². The van der Waals surface area contributed by atoms with E-state index in [4.69, 9.17) is 4.42 Å². The zero-order valence-corrected chi connectivity index (χ0v) is 15.7. The zero-order chi connectivity index (χ0) is 17.7. The van der Waals surface area contributed by atoms with E-state index >= 15 is 0 Å². The molecular weight excluding hydrogens is 396 g/mol. The topological polar surface area (TPSA) is 88.4 Å². The Balaban J connectivity index is 2.09. The molecule has 0 fully saturated rings. The molecule has 0 aliphatic carbocycles. The predicted octanol–water partition coefficient (Wildman–Crippen LogP) is 2.66. The minimum absolute atomic E-state index is 0.107. The molecule has 0 aliphatic heterocycles. The zero-order valence-electron chi connectivity index (χ0n) is 13.3. The number of sulfonamides is 1. The lowest BCUT2D eigenvalue weighted by Gasteiger charge is -2.21. The maximum Gasteiger partial charge on any atom is 0.241 e. The summed E-state index contributed by atoms with van der Waals surface area (Å²) >= 11 is 3.26. The first-order valence-corrected chi connectivity index (χ1v) is 9.65. The van der Waals surface area contributed by atoms with E-state index in [9.17, 15) is 13.2 Å². The van der Waals surface area contributed by atoms with Gasteiger partial charge in [-0.3, -0.25) is 4.79 Å². The van der Waals surface area contributed by atoms with Gasteiger partial charge in [0.2, 0.25) is 15.9 Å². The van der Waals surface area contributed by atoms with Gasteiger partial charge >= 0.3 is 0 Å². The van der Waals surface area contributed by atoms with E-state index in [1.165, 1.54) is 18.4 Å². The number of carbonyl (C=O) groups excluding carboxylic acids is 1. The lowest BCUT2D eigenvalue weighted by Crippen LogP contribution is -2.49. The maximum atomic E-state index is 12.5. The summed E-state index contributed by atoms with van der Waals surface area (Å²) in [5, 5.41) is 2.68. The van der Waals surface area contributed by atoms with E-state index in [2.05, 4.69) is 26.0 Å². The molecule has 6 nitrogen and oxygen atoms in total. The molecule has 1 atom stereocenters. The summed E-state index contributed by atoms with van der Waals surface area (Å²) in [6.45, 7) is 3.76. The Hall–Kier alpha value is -1.64. The van der Waals surface area contributed by atoms with Crippen LogP contribution in [0.1, 0.15) is 19.6 Å². The van der Waals surface area contributed by atoms with Crippen LogP contribution in [0.2, 0.25) is 0 Å². The van der Waals surface area contributed by atoms with Gasteiger partial charge in [-0.05, 0) is 42.3 Å². The van der Waals surface area contributed by atoms with Crippen LogP contribution in [0.25, 0.3) is 0 Å². The van der Waals surface area contributed by atoms with Gasteiger partial charge in [-0.1, -0.05) is 29.8 Å². The van der Waals surface area contributed by atoms with Gasteiger partial charge in [0.15, 0.2) is 0 Å². The van der Waals surface area contributed by atoms with Gasteiger partial charge in [0.25, 0.3) is 0 Å². The minimum atomic E-state index is -3.79. The molecule has 0 bridgehead atoms. The third kappa shape index (κ3) is 4.93. The summed E-state index contributed by atoms with van der Waals surface area (Å²) in [4.78, 5) is 12.5. The first-order valence-electron chi connectivity index (χ1n) is 7.37. The average molecular weight is 415 g/mol. The third-order valence-electron chi connectivity index (χ3n) is 3.37. The van der Waals surface area contributed by atoms with E-state index in [-0.39, 0.29) is 17.4 Å². The summed E-state index contributed by atoms with van der Waals surface area (Å²) in [5.41, 5.74) is 0. The summed E-state index contributed by atoms with van der Waals surface area (Å²) < 4.78 is 33.3. The number of furan rings is 1. The van der Waals surface area contributed by atoms with Crippen molar-refractivity contribution in [2.75, 3.05) is 0 Å². The number of rotatable bonds is 7. The normalized spacial score (nSPS) is 13.0. The first-order chi connectivity index (χ1) is 11.3. The number of hydrogen-bond donors (Lipinski definition) is 2. The summed E-state index contributed by atoms with van der Waals surface area (Å²) in [7, 11) is -3.79. The number of nitrogens with one attached hydrogen (secondary N) is 2. The third-order valence-corrected chi connectivity index (χ3v) is 5.36. The van der Waals surface area contributed by atoms with E-state index in [0.717, 1.165) is 4.47 Å². The van der Waals surface area contributed by atoms with Crippen molar-refractivity contribution in [3.8, 4) is 0 Å². The minimum Gasteiger partial charge on any atom is -0.467 e. The molecule has 8 heteroatoms. The van der Waals surface area contributed by atoms with Crippen molar-refractivity contribution in [2.24, 2.45) is 5.92 Å². The quantitative estimate of drug-likeness (QED) is 0.728. The number of amides is 1. The Morgan fingerprint density at radius 3 is 2.42 bits per heavy atom. The highest BCUT2D eigenvalue weighted by atomic mass is 79.9. The molecule has 1 heterocycles. The molecule has 1 aromatic heterocycles. The second kappa shape index (κ2) is 7.96. The first kappa shape index (κ1) is 18.7. The van der Waals surface area contributed by atoms with Gasteiger partial charge in [-0.2, -0.15) is 4.72 Å². The molecule has 2 rings (SSSR count). The van der Waals surface area contributed by atoms with E-state index in [1.54, 1.807) is 38.1 Å². The van der Waals surface area contributed by atoms with Crippen molar-refractivity contribution in [3.63, 3.8) is 0 Å². The molecule has 1 aromatic carbocycles. The van der Waals surface area contributed by atoms with Gasteiger partial charge in [0, 0.05) is 4.47 Å². The molecule has 0 saturated carbocycles. The summed E-state index contributed by atoms with van der Waals surface area (Å²) in [6, 6.07) is 8.79. The molecular formula is C16H19BrN2O4S. The van der Waals surface area contributed by atoms with Crippen LogP contribution < -0.4 is 10.0 Å². The lowest BCUT2D eigenvalue weighted by atomic mass is 10.1. The molecule has 1 amide bonds. The Kier molecular flexibility index (Phi) is 6.20. The van der Waals surface area contributed by atoms with E-state index in [1.807, 2.05) is 0 Å². The van der Waals surface area contributed by atoms with Crippen LogP contribution in [-0.2, 0) is 21.4 Å². The largest absolute Gasteiger partial charge is 0.467 e.